The lowest BCUT2D eigenvalue weighted by Crippen LogP contribution is -2.53. The number of nitrogens with one attached hydrogen (secondary N) is 1. The fourth-order valence-electron chi connectivity index (χ4n) is 4.38. The number of carbonyl (C=O) groups is 2. The zero-order valence-electron chi connectivity index (χ0n) is 23.0. The summed E-state index contributed by atoms with van der Waals surface area (Å²) in [7, 11) is 0. The van der Waals surface area contributed by atoms with Gasteiger partial charge in [0.05, 0.1) is 6.04 Å². The number of carbonyl (C=O) groups excluding carboxylic acids is 2. The third-order valence-corrected chi connectivity index (χ3v) is 7.69. The molecule has 6 nitrogen and oxygen atoms in total. The van der Waals surface area contributed by atoms with Crippen molar-refractivity contribution < 1.29 is 14.3 Å². The Balaban J connectivity index is 1.76. The Bertz CT molecular complexity index is 1010. The van der Waals surface area contributed by atoms with Crippen molar-refractivity contribution in [3.05, 3.63) is 51.7 Å². The molecule has 0 saturated carbocycles. The monoisotopic (exact) mass is 513 g/mol. The molecule has 3 rings (SSSR count). The molecule has 0 bridgehead atoms. The maximum atomic E-state index is 13.7. The molecule has 0 spiro atoms. The Morgan fingerprint density at radius 2 is 1.86 bits per heavy atom. The predicted molar refractivity (Wildman–Crippen MR) is 148 cm³/mol. The van der Waals surface area contributed by atoms with Crippen molar-refractivity contribution in [2.75, 3.05) is 26.2 Å². The van der Waals surface area contributed by atoms with Gasteiger partial charge in [-0.25, -0.2) is 4.79 Å². The van der Waals surface area contributed by atoms with E-state index in [0.717, 1.165) is 24.2 Å². The average Bonchev–Trinajstić information content (AvgIpc) is 3.30. The summed E-state index contributed by atoms with van der Waals surface area (Å²) in [6, 6.07) is 9.95. The number of ether oxygens (including phenoxy) is 1. The van der Waals surface area contributed by atoms with Crippen molar-refractivity contribution in [2.45, 2.75) is 78.8 Å². The van der Waals surface area contributed by atoms with Crippen molar-refractivity contribution in [3.8, 4) is 5.75 Å². The molecular weight excluding hydrogens is 470 g/mol. The molecule has 1 N–H and O–H groups in total. The third-order valence-electron chi connectivity index (χ3n) is 6.69. The summed E-state index contributed by atoms with van der Waals surface area (Å²) < 4.78 is 6.20. The van der Waals surface area contributed by atoms with E-state index in [1.54, 1.807) is 16.2 Å². The maximum Gasteiger partial charge on any atom is 0.318 e. The lowest BCUT2D eigenvalue weighted by molar-refractivity contribution is -0.135. The molecule has 1 aromatic heterocycles. The molecule has 36 heavy (non-hydrogen) atoms. The minimum Gasteiger partial charge on any atom is -0.491 e. The van der Waals surface area contributed by atoms with E-state index in [1.165, 1.54) is 10.4 Å². The summed E-state index contributed by atoms with van der Waals surface area (Å²) in [5, 5.41) is 5.12. The van der Waals surface area contributed by atoms with E-state index >= 15 is 0 Å². The minimum absolute atomic E-state index is 0.0389. The lowest BCUT2D eigenvalue weighted by Gasteiger charge is -2.37. The highest BCUT2D eigenvalue weighted by Crippen LogP contribution is 2.34. The van der Waals surface area contributed by atoms with Crippen LogP contribution >= 0.6 is 11.3 Å². The van der Waals surface area contributed by atoms with E-state index < -0.39 is 0 Å². The number of rotatable bonds is 9. The van der Waals surface area contributed by atoms with Crippen LogP contribution in [-0.4, -0.2) is 53.5 Å². The summed E-state index contributed by atoms with van der Waals surface area (Å²) >= 11 is 1.74. The summed E-state index contributed by atoms with van der Waals surface area (Å²) in [6.45, 7) is 16.1. The second-order valence-corrected chi connectivity index (χ2v) is 12.3. The second-order valence-electron chi connectivity index (χ2n) is 11.3. The van der Waals surface area contributed by atoms with E-state index in [9.17, 15) is 9.59 Å². The number of fused-ring (bicyclic) bond motifs is 1. The molecule has 3 amide bonds. The van der Waals surface area contributed by atoms with Gasteiger partial charge in [-0.05, 0) is 73.7 Å². The number of hydrogen-bond acceptors (Lipinski definition) is 4. The minimum atomic E-state index is -0.369. The third kappa shape index (κ3) is 7.48. The fourth-order valence-corrected chi connectivity index (χ4v) is 5.31. The standard InChI is InChI=1S/C29H43N3O3S/c1-8-21(4)17-31(28(34)30-29(5,6)7)18-27(33)32-15-13-26-24(14-16-36-26)25(32)19-35-23-11-9-22(10-12-23)20(2)3/h9-12,14,16,20-21,25H,8,13,15,17-19H2,1-7H3,(H,30,34)/t21-,25-/m1/s1. The molecule has 2 heterocycles. The Kier molecular flexibility index (Phi) is 9.45. The highest BCUT2D eigenvalue weighted by atomic mass is 32.1. The molecular formula is C29H43N3O3S. The van der Waals surface area contributed by atoms with Gasteiger partial charge in [0.15, 0.2) is 0 Å². The van der Waals surface area contributed by atoms with Gasteiger partial charge in [-0.3, -0.25) is 4.79 Å². The van der Waals surface area contributed by atoms with Crippen molar-refractivity contribution in [1.29, 1.82) is 0 Å². The summed E-state index contributed by atoms with van der Waals surface area (Å²) in [6.07, 6.45) is 1.78. The second kappa shape index (κ2) is 12.1. The molecule has 7 heteroatoms. The van der Waals surface area contributed by atoms with E-state index in [0.29, 0.717) is 31.5 Å². The van der Waals surface area contributed by atoms with Crippen LogP contribution in [0.3, 0.4) is 0 Å². The van der Waals surface area contributed by atoms with Crippen molar-refractivity contribution in [1.82, 2.24) is 15.1 Å². The van der Waals surface area contributed by atoms with Crippen LogP contribution in [0.1, 0.15) is 82.9 Å². The molecule has 0 aliphatic carbocycles. The summed E-state index contributed by atoms with van der Waals surface area (Å²) in [4.78, 5) is 31.6. The Labute approximate surface area is 221 Å². The molecule has 198 valence electrons. The normalized spacial score (nSPS) is 16.4. The summed E-state index contributed by atoms with van der Waals surface area (Å²) in [5.41, 5.74) is 2.06. The zero-order chi connectivity index (χ0) is 26.5. The smallest absolute Gasteiger partial charge is 0.318 e. The molecule has 0 fully saturated rings. The quantitative estimate of drug-likeness (QED) is 0.432. The van der Waals surface area contributed by atoms with E-state index in [2.05, 4.69) is 56.6 Å². The van der Waals surface area contributed by atoms with Gasteiger partial charge in [-0.2, -0.15) is 0 Å². The van der Waals surface area contributed by atoms with E-state index in [-0.39, 0.29) is 30.1 Å². The molecule has 0 radical (unpaired) electrons. The molecule has 1 aliphatic heterocycles. The fraction of sp³-hybridized carbons (Fsp3) is 0.586. The van der Waals surface area contributed by atoms with Gasteiger partial charge in [-0.15, -0.1) is 11.3 Å². The van der Waals surface area contributed by atoms with Gasteiger partial charge >= 0.3 is 6.03 Å². The van der Waals surface area contributed by atoms with Crippen LogP contribution in [0.4, 0.5) is 4.79 Å². The lowest BCUT2D eigenvalue weighted by atomic mass is 10.00. The Morgan fingerprint density at radius 1 is 1.17 bits per heavy atom. The highest BCUT2D eigenvalue weighted by molar-refractivity contribution is 7.10. The first-order valence-electron chi connectivity index (χ1n) is 13.1. The number of nitrogens with zero attached hydrogens (tertiary/aromatic N) is 2. The highest BCUT2D eigenvalue weighted by Gasteiger charge is 2.34. The maximum absolute atomic E-state index is 13.7. The van der Waals surface area contributed by atoms with E-state index in [1.807, 2.05) is 37.8 Å². The van der Waals surface area contributed by atoms with Crippen LogP contribution < -0.4 is 10.1 Å². The van der Waals surface area contributed by atoms with Gasteiger partial charge in [0.25, 0.3) is 0 Å². The number of hydrogen-bond donors (Lipinski definition) is 1. The molecule has 2 atom stereocenters. The van der Waals surface area contributed by atoms with Crippen LogP contribution in [0.5, 0.6) is 5.75 Å². The van der Waals surface area contributed by atoms with Crippen molar-refractivity contribution in [3.63, 3.8) is 0 Å². The van der Waals surface area contributed by atoms with Crippen LogP contribution in [0.15, 0.2) is 35.7 Å². The first-order chi connectivity index (χ1) is 17.0. The molecule has 1 aliphatic rings. The largest absolute Gasteiger partial charge is 0.491 e. The number of urea groups is 1. The van der Waals surface area contributed by atoms with Crippen LogP contribution in [0, 0.1) is 5.92 Å². The Hall–Kier alpha value is -2.54. The number of thiophene rings is 1. The molecule has 0 unspecified atom stereocenters. The number of amides is 3. The first-order valence-corrected chi connectivity index (χ1v) is 14.0. The summed E-state index contributed by atoms with van der Waals surface area (Å²) in [5.74, 6) is 1.54. The van der Waals surface area contributed by atoms with Gasteiger partial charge < -0.3 is 19.9 Å². The van der Waals surface area contributed by atoms with Crippen LogP contribution in [0.25, 0.3) is 0 Å². The van der Waals surface area contributed by atoms with Gasteiger partial charge in [0.2, 0.25) is 5.91 Å². The van der Waals surface area contributed by atoms with E-state index in [4.69, 9.17) is 4.74 Å². The number of benzene rings is 1. The van der Waals surface area contributed by atoms with Crippen molar-refractivity contribution >= 4 is 23.3 Å². The topological polar surface area (TPSA) is 61.9 Å². The van der Waals surface area contributed by atoms with Gasteiger partial charge in [0, 0.05) is 23.5 Å². The van der Waals surface area contributed by atoms with Crippen LogP contribution in [-0.2, 0) is 11.2 Å². The molecule has 0 saturated heterocycles. The average molecular weight is 514 g/mol. The van der Waals surface area contributed by atoms with Crippen molar-refractivity contribution in [2.24, 2.45) is 5.92 Å². The Morgan fingerprint density at radius 3 is 2.47 bits per heavy atom. The van der Waals surface area contributed by atoms with Crippen LogP contribution in [0.2, 0.25) is 0 Å². The predicted octanol–water partition coefficient (Wildman–Crippen LogP) is 6.23. The molecule has 2 aromatic rings. The van der Waals surface area contributed by atoms with Gasteiger partial charge in [-0.1, -0.05) is 46.2 Å². The first kappa shape index (κ1) is 28.0. The SMILES string of the molecule is CC[C@@H](C)CN(CC(=O)N1CCc2sccc2[C@H]1COc1ccc(C(C)C)cc1)C(=O)NC(C)(C)C. The zero-order valence-corrected chi connectivity index (χ0v) is 23.8. The molecule has 1 aromatic carbocycles. The van der Waals surface area contributed by atoms with Gasteiger partial charge in [0.1, 0.15) is 18.9 Å².